The van der Waals surface area contributed by atoms with Crippen LogP contribution in [-0.4, -0.2) is 36.0 Å². The van der Waals surface area contributed by atoms with Gasteiger partial charge in [0.15, 0.2) is 10.8 Å². The summed E-state index contributed by atoms with van der Waals surface area (Å²) in [5, 5.41) is 6.57. The number of amidine groups is 1. The first-order chi connectivity index (χ1) is 15.3. The second-order valence-electron chi connectivity index (χ2n) is 6.88. The number of halogens is 2. The third-order valence-corrected chi connectivity index (χ3v) is 6.10. The van der Waals surface area contributed by atoms with E-state index in [2.05, 4.69) is 10.3 Å². The van der Waals surface area contributed by atoms with Crippen LogP contribution in [0.2, 0.25) is 10.0 Å². The van der Waals surface area contributed by atoms with Gasteiger partial charge in [-0.05, 0) is 32.9 Å². The van der Waals surface area contributed by atoms with Gasteiger partial charge in [0.2, 0.25) is 0 Å². The smallest absolute Gasteiger partial charge is 0.338 e. The van der Waals surface area contributed by atoms with Gasteiger partial charge in [0.1, 0.15) is 6.04 Å². The third-order valence-electron chi connectivity index (χ3n) is 4.64. The van der Waals surface area contributed by atoms with Gasteiger partial charge in [-0.2, -0.15) is 0 Å². The summed E-state index contributed by atoms with van der Waals surface area (Å²) in [6.45, 7) is 5.90. The van der Waals surface area contributed by atoms with E-state index in [-0.39, 0.29) is 19.0 Å². The lowest BCUT2D eigenvalue weighted by Crippen LogP contribution is -2.33. The summed E-state index contributed by atoms with van der Waals surface area (Å²) in [6.07, 6.45) is 0.726. The van der Waals surface area contributed by atoms with Crippen LogP contribution in [0.1, 0.15) is 49.5 Å². The number of benzene rings is 1. The molecule has 32 heavy (non-hydrogen) atoms. The zero-order valence-corrected chi connectivity index (χ0v) is 20.2. The van der Waals surface area contributed by atoms with Gasteiger partial charge in [-0.1, -0.05) is 29.3 Å². The van der Waals surface area contributed by atoms with Crippen LogP contribution in [0, 0.1) is 0 Å². The van der Waals surface area contributed by atoms with Gasteiger partial charge >= 0.3 is 11.9 Å². The van der Waals surface area contributed by atoms with Crippen molar-refractivity contribution < 1.29 is 19.1 Å². The average Bonchev–Trinajstić information content (AvgIpc) is 3.21. The standard InChI is InChI=1S/C22H23Cl2N3O4S/c1-4-30-17(28)9-7-14-11-32-21(26-14)20-25-12(3)18(22(29)31-5-2)19(27-20)15-8-6-13(23)10-16(15)24/h6,8,10-11,19H,4-5,7,9H2,1-3H3,(H,25,27). The Morgan fingerprint density at radius 1 is 1.19 bits per heavy atom. The topological polar surface area (TPSA) is 89.9 Å². The Kier molecular flexibility index (Phi) is 8.28. The van der Waals surface area contributed by atoms with E-state index in [4.69, 9.17) is 37.7 Å². The number of esters is 2. The monoisotopic (exact) mass is 495 g/mol. The molecule has 0 amide bonds. The Hall–Kier alpha value is -2.42. The fraction of sp³-hybridized carbons (Fsp3) is 0.364. The highest BCUT2D eigenvalue weighted by molar-refractivity contribution is 7.11. The van der Waals surface area contributed by atoms with Crippen molar-refractivity contribution in [3.8, 4) is 0 Å². The number of rotatable bonds is 8. The number of aryl methyl sites for hydroxylation is 1. The molecule has 1 aliphatic heterocycles. The molecule has 1 atom stereocenters. The summed E-state index contributed by atoms with van der Waals surface area (Å²) >= 11 is 13.9. The number of hydrogen-bond acceptors (Lipinski definition) is 8. The zero-order valence-electron chi connectivity index (χ0n) is 17.9. The van der Waals surface area contributed by atoms with Crippen LogP contribution in [0.3, 0.4) is 0 Å². The fourth-order valence-electron chi connectivity index (χ4n) is 3.20. The molecule has 0 saturated heterocycles. The van der Waals surface area contributed by atoms with Gasteiger partial charge < -0.3 is 14.8 Å². The van der Waals surface area contributed by atoms with Gasteiger partial charge in [0, 0.05) is 33.1 Å². The molecule has 1 N–H and O–H groups in total. The maximum Gasteiger partial charge on any atom is 0.338 e. The Morgan fingerprint density at radius 3 is 2.62 bits per heavy atom. The highest BCUT2D eigenvalue weighted by Crippen LogP contribution is 2.37. The molecule has 2 aromatic rings. The van der Waals surface area contributed by atoms with E-state index in [0.29, 0.717) is 50.7 Å². The van der Waals surface area contributed by atoms with Gasteiger partial charge in [0.05, 0.1) is 30.9 Å². The maximum absolute atomic E-state index is 12.7. The molecule has 0 aliphatic carbocycles. The Bertz CT molecular complexity index is 1080. The van der Waals surface area contributed by atoms with E-state index in [1.807, 2.05) is 5.38 Å². The minimum atomic E-state index is -0.679. The zero-order chi connectivity index (χ0) is 23.3. The number of allylic oxidation sites excluding steroid dienone is 1. The molecule has 0 saturated carbocycles. The minimum Gasteiger partial charge on any atom is -0.466 e. The summed E-state index contributed by atoms with van der Waals surface area (Å²) in [6, 6.07) is 4.39. The van der Waals surface area contributed by atoms with Crippen molar-refractivity contribution in [1.29, 1.82) is 0 Å². The SMILES string of the molecule is CCOC(=O)CCc1csc(C2=NC(c3ccc(Cl)cc3Cl)C(C(=O)OCC)=C(C)N2)n1. The predicted octanol–water partition coefficient (Wildman–Crippen LogP) is 4.87. The van der Waals surface area contributed by atoms with Crippen LogP contribution in [0.15, 0.2) is 39.8 Å². The van der Waals surface area contributed by atoms with Crippen molar-refractivity contribution >= 4 is 52.3 Å². The van der Waals surface area contributed by atoms with Crippen LogP contribution in [0.25, 0.3) is 0 Å². The number of ether oxygens (including phenoxy) is 2. The first-order valence-electron chi connectivity index (χ1n) is 10.1. The van der Waals surface area contributed by atoms with Crippen molar-refractivity contribution in [3.63, 3.8) is 0 Å². The molecule has 0 radical (unpaired) electrons. The fourth-order valence-corrected chi connectivity index (χ4v) is 4.52. The number of thiazole rings is 1. The highest BCUT2D eigenvalue weighted by Gasteiger charge is 2.32. The number of carbonyl (C=O) groups excluding carboxylic acids is 2. The molecule has 2 heterocycles. The molecule has 1 aromatic heterocycles. The minimum absolute atomic E-state index is 0.240. The number of aromatic nitrogens is 1. The van der Waals surface area contributed by atoms with Crippen LogP contribution in [0.5, 0.6) is 0 Å². The second-order valence-corrected chi connectivity index (χ2v) is 8.58. The van der Waals surface area contributed by atoms with Crippen LogP contribution >= 0.6 is 34.5 Å². The van der Waals surface area contributed by atoms with Crippen molar-refractivity contribution in [2.24, 2.45) is 4.99 Å². The summed E-state index contributed by atoms with van der Waals surface area (Å²) < 4.78 is 10.2. The quantitative estimate of drug-likeness (QED) is 0.525. The number of hydrogen-bond donors (Lipinski definition) is 1. The molecule has 0 spiro atoms. The molecule has 10 heteroatoms. The van der Waals surface area contributed by atoms with Crippen molar-refractivity contribution in [3.05, 3.63) is 61.2 Å². The highest BCUT2D eigenvalue weighted by atomic mass is 35.5. The van der Waals surface area contributed by atoms with Crippen LogP contribution < -0.4 is 5.32 Å². The van der Waals surface area contributed by atoms with E-state index >= 15 is 0 Å². The van der Waals surface area contributed by atoms with Crippen molar-refractivity contribution in [1.82, 2.24) is 10.3 Å². The summed E-state index contributed by atoms with van der Waals surface area (Å²) in [5.41, 5.74) is 2.38. The van der Waals surface area contributed by atoms with E-state index in [9.17, 15) is 9.59 Å². The average molecular weight is 496 g/mol. The van der Waals surface area contributed by atoms with E-state index < -0.39 is 12.0 Å². The molecule has 1 unspecified atom stereocenters. The van der Waals surface area contributed by atoms with Crippen molar-refractivity contribution in [2.75, 3.05) is 13.2 Å². The third kappa shape index (κ3) is 5.68. The van der Waals surface area contributed by atoms with Gasteiger partial charge in [-0.3, -0.25) is 9.79 Å². The lowest BCUT2D eigenvalue weighted by molar-refractivity contribution is -0.143. The normalized spacial score (nSPS) is 15.8. The Balaban J connectivity index is 1.93. The molecule has 7 nitrogen and oxygen atoms in total. The molecule has 0 bridgehead atoms. The van der Waals surface area contributed by atoms with Gasteiger partial charge in [-0.25, -0.2) is 9.78 Å². The van der Waals surface area contributed by atoms with E-state index in [1.54, 1.807) is 39.0 Å². The summed E-state index contributed by atoms with van der Waals surface area (Å²) in [5.74, 6) is -0.213. The summed E-state index contributed by atoms with van der Waals surface area (Å²) in [4.78, 5) is 33.7. The van der Waals surface area contributed by atoms with Crippen molar-refractivity contribution in [2.45, 2.75) is 39.7 Å². The van der Waals surface area contributed by atoms with E-state index in [0.717, 1.165) is 5.69 Å². The predicted molar refractivity (Wildman–Crippen MR) is 125 cm³/mol. The molecule has 1 aromatic carbocycles. The number of carbonyl (C=O) groups is 2. The lowest BCUT2D eigenvalue weighted by atomic mass is 9.96. The molecule has 1 aliphatic rings. The molecular formula is C22H23Cl2N3O4S. The van der Waals surface area contributed by atoms with Crippen LogP contribution in [0.4, 0.5) is 0 Å². The number of nitrogens with one attached hydrogen (secondary N) is 1. The van der Waals surface area contributed by atoms with Gasteiger partial charge in [0.25, 0.3) is 0 Å². The maximum atomic E-state index is 12.7. The number of aliphatic imine (C=N–C) groups is 1. The lowest BCUT2D eigenvalue weighted by Gasteiger charge is -2.26. The molecular weight excluding hydrogens is 473 g/mol. The second kappa shape index (κ2) is 10.9. The van der Waals surface area contributed by atoms with E-state index in [1.165, 1.54) is 11.3 Å². The Labute approximate surface area is 200 Å². The first-order valence-corrected chi connectivity index (χ1v) is 11.8. The Morgan fingerprint density at radius 2 is 1.94 bits per heavy atom. The van der Waals surface area contributed by atoms with Crippen LogP contribution in [-0.2, 0) is 25.5 Å². The first kappa shape index (κ1) is 24.2. The largest absolute Gasteiger partial charge is 0.466 e. The molecule has 0 fully saturated rings. The number of nitrogens with zero attached hydrogens (tertiary/aromatic N) is 2. The molecule has 170 valence electrons. The molecule has 3 rings (SSSR count). The summed E-state index contributed by atoms with van der Waals surface area (Å²) in [7, 11) is 0. The van der Waals surface area contributed by atoms with Gasteiger partial charge in [-0.15, -0.1) is 11.3 Å².